The van der Waals surface area contributed by atoms with Crippen molar-refractivity contribution in [3.05, 3.63) is 144 Å². The minimum atomic E-state index is -0.684. The van der Waals surface area contributed by atoms with Gasteiger partial charge in [0.05, 0.1) is 37.3 Å². The van der Waals surface area contributed by atoms with Gasteiger partial charge in [-0.15, -0.1) is 0 Å². The first kappa shape index (κ1) is 127. The number of halogens is 2. The van der Waals surface area contributed by atoms with Crippen LogP contribution in [0.15, 0.2) is 121 Å². The molecule has 4 aliphatic rings. The molecule has 0 radical (unpaired) electrons. The van der Waals surface area contributed by atoms with E-state index in [1.54, 1.807) is 81.9 Å². The molecule has 0 spiro atoms. The number of carbonyl (C=O) groups excluding carboxylic acids is 16. The quantitative estimate of drug-likeness (QED) is 0.0180. The van der Waals surface area contributed by atoms with Gasteiger partial charge in [-0.2, -0.15) is 0 Å². The Balaban J connectivity index is 0.000000471. The molecule has 2 N–H and O–H groups in total. The third kappa shape index (κ3) is 59.2. The molecule has 4 aromatic carbocycles. The molecule has 4 atom stereocenters. The molecule has 6 amide bonds. The summed E-state index contributed by atoms with van der Waals surface area (Å²) in [6, 6.07) is 36.1. The van der Waals surface area contributed by atoms with Crippen molar-refractivity contribution in [2.75, 3.05) is 172 Å². The molecule has 4 aromatic rings. The van der Waals surface area contributed by atoms with E-state index in [0.717, 1.165) is 22.3 Å². The van der Waals surface area contributed by atoms with E-state index in [0.29, 0.717) is 84.6 Å². The Bertz CT molecular complexity index is 4540. The minimum absolute atomic E-state index is 0.00154. The van der Waals surface area contributed by atoms with Gasteiger partial charge in [-0.25, -0.2) is 24.0 Å². The van der Waals surface area contributed by atoms with Gasteiger partial charge in [0.1, 0.15) is 100 Å². The number of hydrogen-bond donors (Lipinski definition) is 2. The van der Waals surface area contributed by atoms with E-state index in [4.69, 9.17) is 77.9 Å². The molecule has 0 saturated carbocycles. The molecule has 0 bridgehead atoms. The number of rotatable bonds is 42. The first-order valence-electron chi connectivity index (χ1n) is 47.7. The Labute approximate surface area is 858 Å². The van der Waals surface area contributed by atoms with Crippen LogP contribution in [0.2, 0.25) is 0 Å². The van der Waals surface area contributed by atoms with Gasteiger partial charge in [0.25, 0.3) is 0 Å². The standard InChI is InChI=1S/C26H38N2O8.C25H36N2O8.C22H32N2O6.C20H28N2O6.C6H11BrO2.C3H5ClO2/c1-26(2,3)36-24(31)16-27-13-14-28(15-21(27)18-35-25(32)19-33-4)22(29)11-8-12-23(30)34-17-20-9-6-5-7-10-20;1-25(2,3)35-24(31)27-14-13-26(15-20(27)17-34-23(30)18-32-4)21(28)11-8-12-22(29)33-16-19-9-6-5-7-10-19;1-22(2,3)30-21(28)24-13-12-23(14-18(24)15-25)19(26)10-7-11-20(27)29-16-17-8-5-4-6-9-17;1-26-15-20(25)28-14-17-12-22(11-10-21-17)18(23)8-5-9-19(24)27-13-16-6-3-2-4-7-16;1-6(2,3)9-5(8)4-7;1-6-2-3(4)5/h5-7,9-10,21H,8,11-19H2,1-4H3;5-7,9-10,20H,8,11-18H2,1-4H3;4-6,8-9,18,25H,7,10-16H2,1-3H3;2-4,6-7,17,21H,5,8-15H2,1H3;4H2,1-3H3;2H2,1H3. The van der Waals surface area contributed by atoms with Crippen molar-refractivity contribution in [2.24, 2.45) is 0 Å². The molecule has 144 heavy (non-hydrogen) atoms. The molecule has 804 valence electrons. The van der Waals surface area contributed by atoms with E-state index in [1.807, 2.05) is 147 Å². The topological polar surface area (TPSA) is 467 Å². The van der Waals surface area contributed by atoms with E-state index in [-0.39, 0.29) is 239 Å². The van der Waals surface area contributed by atoms with E-state index >= 15 is 0 Å². The smallest absolute Gasteiger partial charge is 0.410 e. The number of methoxy groups -OCH3 is 4. The number of nitrogens with one attached hydrogen (secondary N) is 1. The lowest BCUT2D eigenvalue weighted by Crippen LogP contribution is -2.59. The average molecular weight is 2120 g/mol. The predicted octanol–water partition coefficient (Wildman–Crippen LogP) is 9.83. The zero-order chi connectivity index (χ0) is 107. The molecule has 4 saturated heterocycles. The summed E-state index contributed by atoms with van der Waals surface area (Å²) < 4.78 is 76.3. The lowest BCUT2D eigenvalue weighted by Gasteiger charge is -2.41. The second-order valence-electron chi connectivity index (χ2n) is 37.4. The van der Waals surface area contributed by atoms with Crippen LogP contribution in [0.4, 0.5) is 9.59 Å². The number of esters is 9. The molecule has 4 fully saturated rings. The first-order valence-corrected chi connectivity index (χ1v) is 49.2. The third-order valence-electron chi connectivity index (χ3n) is 20.4. The van der Waals surface area contributed by atoms with Gasteiger partial charge in [-0.3, -0.25) is 67.4 Å². The van der Waals surface area contributed by atoms with Gasteiger partial charge in [-0.1, -0.05) is 137 Å². The predicted molar refractivity (Wildman–Crippen MR) is 531 cm³/mol. The van der Waals surface area contributed by atoms with E-state index in [2.05, 4.69) is 26.0 Å². The van der Waals surface area contributed by atoms with Crippen LogP contribution < -0.4 is 5.32 Å². The Hall–Kier alpha value is -11.3. The van der Waals surface area contributed by atoms with Crippen LogP contribution in [0.1, 0.15) is 182 Å². The molecular formula is C102H150BrClN8O32. The highest BCUT2D eigenvalue weighted by Crippen LogP contribution is 2.23. The number of carbonyl (C=O) groups is 16. The monoisotopic (exact) mass is 2110 g/mol. The maximum atomic E-state index is 12.8. The van der Waals surface area contributed by atoms with Gasteiger partial charge in [0.2, 0.25) is 28.9 Å². The molecular weight excluding hydrogens is 1960 g/mol. The van der Waals surface area contributed by atoms with Crippen LogP contribution >= 0.6 is 27.5 Å². The molecule has 4 aliphatic heterocycles. The van der Waals surface area contributed by atoms with Gasteiger partial charge >= 0.3 is 65.9 Å². The molecule has 42 heteroatoms. The summed E-state index contributed by atoms with van der Waals surface area (Å²) >= 11 is 7.81. The lowest BCUT2D eigenvalue weighted by atomic mass is 10.1. The molecule has 0 aromatic heterocycles. The summed E-state index contributed by atoms with van der Waals surface area (Å²) in [6.07, 6.45) is 2.07. The maximum Gasteiger partial charge on any atom is 0.410 e. The summed E-state index contributed by atoms with van der Waals surface area (Å²) in [4.78, 5) is 202. The third-order valence-corrected chi connectivity index (χ3v) is 21.0. The van der Waals surface area contributed by atoms with Crippen LogP contribution in [0.5, 0.6) is 0 Å². The highest BCUT2D eigenvalue weighted by Gasteiger charge is 2.39. The highest BCUT2D eigenvalue weighted by molar-refractivity contribution is 9.09. The Kier molecular flexibility index (Phi) is 61.4. The van der Waals surface area contributed by atoms with Crippen molar-refractivity contribution in [1.29, 1.82) is 0 Å². The summed E-state index contributed by atoms with van der Waals surface area (Å²) in [7, 11) is 5.62. The van der Waals surface area contributed by atoms with Crippen molar-refractivity contribution in [3.8, 4) is 0 Å². The van der Waals surface area contributed by atoms with Crippen LogP contribution in [-0.2, 0) is 165 Å². The Morgan fingerprint density at radius 1 is 0.340 bits per heavy atom. The highest BCUT2D eigenvalue weighted by atomic mass is 79.9. The molecule has 4 unspecified atom stereocenters. The SMILES string of the molecule is CC(C)(C)OC(=O)CBr.CC(C)(C)OC(=O)N1CCN(C(=O)CCCC(=O)OCc2ccccc2)CC1CO.COCC(=O)Cl.COCC(=O)OCC1CN(C(=O)CCCC(=O)OCc2ccccc2)CCN1.COCC(=O)OCC1CN(C(=O)CCCC(=O)OCc2ccccc2)CCN1C(=O)OC(C)(C)C.COCC(=O)OCC1CN(C(=O)CCCC(=O)OCc2ccccc2)CCN1CC(=O)OC(C)(C)C. The summed E-state index contributed by atoms with van der Waals surface area (Å²) in [5.41, 5.74) is 1.38. The largest absolute Gasteiger partial charge is 0.462 e. The van der Waals surface area contributed by atoms with Crippen LogP contribution in [-0.4, -0.2) is 352 Å². The number of alkyl halides is 1. The van der Waals surface area contributed by atoms with Crippen LogP contribution in [0, 0.1) is 0 Å². The van der Waals surface area contributed by atoms with Gasteiger partial charge in [-0.05, 0) is 143 Å². The molecule has 40 nitrogen and oxygen atoms in total. The second-order valence-corrected chi connectivity index (χ2v) is 38.4. The lowest BCUT2D eigenvalue weighted by molar-refractivity contribution is -0.160. The number of hydrogen-bond acceptors (Lipinski definition) is 34. The summed E-state index contributed by atoms with van der Waals surface area (Å²) in [5.74, 6) is -3.83. The summed E-state index contributed by atoms with van der Waals surface area (Å²) in [6.45, 7) is 26.3. The van der Waals surface area contributed by atoms with Crippen molar-refractivity contribution >= 4 is 122 Å². The molecule has 8 rings (SSSR count). The fraction of sp³-hybridized carbons (Fsp3) is 0.608. The number of benzene rings is 4. The maximum absolute atomic E-state index is 12.8. The zero-order valence-corrected chi connectivity index (χ0v) is 88.6. The normalized spacial score (nSPS) is 15.7. The fourth-order valence-electron chi connectivity index (χ4n) is 13.7. The van der Waals surface area contributed by atoms with Gasteiger partial charge in [0, 0.05) is 158 Å². The van der Waals surface area contributed by atoms with E-state index in [9.17, 15) is 81.8 Å². The minimum Gasteiger partial charge on any atom is -0.462 e. The Morgan fingerprint density at radius 2 is 0.639 bits per heavy atom. The number of aliphatic hydroxyl groups excluding tert-OH is 1. The van der Waals surface area contributed by atoms with Crippen LogP contribution in [0.3, 0.4) is 0 Å². The van der Waals surface area contributed by atoms with E-state index < -0.39 is 64.2 Å². The van der Waals surface area contributed by atoms with E-state index in [1.165, 1.54) is 38.2 Å². The van der Waals surface area contributed by atoms with Crippen molar-refractivity contribution < 1.29 is 153 Å². The molecule has 4 heterocycles. The van der Waals surface area contributed by atoms with Gasteiger partial charge in [0.15, 0.2) is 0 Å². The number of aliphatic hydroxyl groups is 1. The van der Waals surface area contributed by atoms with Gasteiger partial charge < -0.3 is 101 Å². The molecule has 0 aliphatic carbocycles. The van der Waals surface area contributed by atoms with Crippen molar-refractivity contribution in [2.45, 2.75) is 233 Å². The number of nitrogens with zero attached hydrogens (tertiary/aromatic N) is 7. The number of piperazine rings is 4. The second kappa shape index (κ2) is 69.7. The first-order chi connectivity index (χ1) is 68.2. The average Bonchev–Trinajstić information content (AvgIpc) is 0.624. The Morgan fingerprint density at radius 3 is 0.944 bits per heavy atom. The van der Waals surface area contributed by atoms with Crippen molar-refractivity contribution in [3.63, 3.8) is 0 Å². The fourth-order valence-corrected chi connectivity index (χ4v) is 13.9. The van der Waals surface area contributed by atoms with Crippen LogP contribution in [0.25, 0.3) is 0 Å². The van der Waals surface area contributed by atoms with Crippen molar-refractivity contribution in [1.82, 2.24) is 39.6 Å². The summed E-state index contributed by atoms with van der Waals surface area (Å²) in [5, 5.41) is 12.7. The number of ether oxygens (including phenoxy) is 15. The zero-order valence-electron chi connectivity index (χ0n) is 86.2. The number of amides is 6.